The summed E-state index contributed by atoms with van der Waals surface area (Å²) in [6, 6.07) is 9.90. The van der Waals surface area contributed by atoms with Crippen molar-refractivity contribution in [2.75, 3.05) is 31.4 Å². The molecule has 2 heterocycles. The number of nitrogens with zero attached hydrogens (tertiary/aromatic N) is 3. The number of benzene rings is 2. The van der Waals surface area contributed by atoms with Gasteiger partial charge < -0.3 is 24.1 Å². The van der Waals surface area contributed by atoms with Crippen LogP contribution in [-0.4, -0.2) is 44.7 Å². The van der Waals surface area contributed by atoms with Crippen molar-refractivity contribution < 1.29 is 27.2 Å². The highest BCUT2D eigenvalue weighted by Crippen LogP contribution is 2.38. The van der Waals surface area contributed by atoms with Crippen LogP contribution >= 0.6 is 0 Å². The Morgan fingerprint density at radius 3 is 2.29 bits per heavy atom. The minimum absolute atomic E-state index is 0.00101. The molecule has 2 N–H and O–H groups in total. The van der Waals surface area contributed by atoms with Crippen molar-refractivity contribution in [2.24, 2.45) is 0 Å². The van der Waals surface area contributed by atoms with Crippen LogP contribution < -0.4 is 24.2 Å². The number of hydrogen-bond acceptors (Lipinski definition) is 9. The summed E-state index contributed by atoms with van der Waals surface area (Å²) in [5.41, 5.74) is 1.94. The predicted octanol–water partition coefficient (Wildman–Crippen LogP) is 3.92. The van der Waals surface area contributed by atoms with Crippen molar-refractivity contribution in [1.82, 2.24) is 14.9 Å². The lowest BCUT2D eigenvalue weighted by molar-refractivity contribution is 0.373. The summed E-state index contributed by atoms with van der Waals surface area (Å²) < 4.78 is 52.2. The number of ether oxygens (including phenoxy) is 3. The number of nitrogens with one attached hydrogen (secondary N) is 2. The molecule has 2 aromatic carbocycles. The smallest absolute Gasteiger partial charge is 0.270 e. The molecule has 180 valence electrons. The molecule has 4 rings (SSSR count). The molecule has 0 spiro atoms. The first kappa shape index (κ1) is 23.2. The van der Waals surface area contributed by atoms with E-state index in [4.69, 9.17) is 18.7 Å². The Balaban J connectivity index is 1.72. The fourth-order valence-corrected chi connectivity index (χ4v) is 4.93. The van der Waals surface area contributed by atoms with Gasteiger partial charge in [0.05, 0.1) is 32.4 Å². The van der Waals surface area contributed by atoms with Gasteiger partial charge in [-0.1, -0.05) is 11.2 Å². The minimum atomic E-state index is -4.14. The first-order chi connectivity index (χ1) is 16.3. The lowest BCUT2D eigenvalue weighted by atomic mass is 10.2. The quantitative estimate of drug-likeness (QED) is 0.361. The maximum absolute atomic E-state index is 13.2. The van der Waals surface area contributed by atoms with E-state index in [0.29, 0.717) is 28.2 Å². The molecule has 0 radical (unpaired) electrons. The maximum Gasteiger partial charge on any atom is 0.270 e. The molecule has 0 bridgehead atoms. The minimum Gasteiger partial charge on any atom is -0.495 e. The number of aryl methyl sites for hydroxylation is 2. The van der Waals surface area contributed by atoms with Gasteiger partial charge in [0.25, 0.3) is 10.0 Å². The summed E-state index contributed by atoms with van der Waals surface area (Å²) in [7, 11) is 0.136. The van der Waals surface area contributed by atoms with Gasteiger partial charge in [0.15, 0.2) is 22.1 Å². The molecule has 0 aliphatic rings. The van der Waals surface area contributed by atoms with Crippen LogP contribution in [0.4, 0.5) is 17.3 Å². The van der Waals surface area contributed by atoms with Crippen molar-refractivity contribution in [2.45, 2.75) is 25.3 Å². The Hall–Kier alpha value is -3.93. The van der Waals surface area contributed by atoms with E-state index in [2.05, 4.69) is 20.3 Å². The van der Waals surface area contributed by atoms with E-state index in [9.17, 15) is 8.42 Å². The molecule has 0 atom stereocenters. The first-order valence-corrected chi connectivity index (χ1v) is 11.8. The van der Waals surface area contributed by atoms with Crippen molar-refractivity contribution in [3.8, 4) is 17.2 Å². The molecule has 34 heavy (non-hydrogen) atoms. The molecule has 0 aliphatic carbocycles. The third-order valence-corrected chi connectivity index (χ3v) is 6.62. The largest absolute Gasteiger partial charge is 0.495 e. The zero-order valence-electron chi connectivity index (χ0n) is 19.4. The molecular weight excluding hydrogens is 462 g/mol. The van der Waals surface area contributed by atoms with Crippen LogP contribution in [0.2, 0.25) is 0 Å². The number of aromatic nitrogens is 3. The zero-order valence-corrected chi connectivity index (χ0v) is 20.2. The topological polar surface area (TPSA) is 130 Å². The Bertz CT molecular complexity index is 1420. The molecule has 0 fully saturated rings. The van der Waals surface area contributed by atoms with Gasteiger partial charge in [-0.2, -0.15) is 5.10 Å². The SMILES string of the molecule is CCn1nc(Nc2cc3onc(NS(=O)(=O)c4c(OC)cccc4OC)c3cc2OC)cc1C. The van der Waals surface area contributed by atoms with E-state index in [-0.39, 0.29) is 22.2 Å². The molecule has 12 heteroatoms. The number of methoxy groups -OCH3 is 3. The highest BCUT2D eigenvalue weighted by molar-refractivity contribution is 7.93. The predicted molar refractivity (Wildman–Crippen MR) is 127 cm³/mol. The van der Waals surface area contributed by atoms with E-state index < -0.39 is 10.0 Å². The number of anilines is 3. The lowest BCUT2D eigenvalue weighted by Crippen LogP contribution is -2.15. The summed E-state index contributed by atoms with van der Waals surface area (Å²) in [5, 5.41) is 12.0. The van der Waals surface area contributed by atoms with Gasteiger partial charge in [0, 0.05) is 24.4 Å². The van der Waals surface area contributed by atoms with Crippen LogP contribution in [0.1, 0.15) is 12.6 Å². The summed E-state index contributed by atoms with van der Waals surface area (Å²) in [4.78, 5) is -0.150. The highest BCUT2D eigenvalue weighted by Gasteiger charge is 2.27. The Kier molecular flexibility index (Phi) is 6.24. The molecule has 0 saturated heterocycles. The molecular formula is C22H25N5O6S. The summed E-state index contributed by atoms with van der Waals surface area (Å²) in [5.74, 6) is 1.35. The van der Waals surface area contributed by atoms with Crippen molar-refractivity contribution in [1.29, 1.82) is 0 Å². The van der Waals surface area contributed by atoms with E-state index in [1.807, 2.05) is 24.6 Å². The maximum atomic E-state index is 13.2. The van der Waals surface area contributed by atoms with E-state index in [0.717, 1.165) is 12.2 Å². The average Bonchev–Trinajstić information content (AvgIpc) is 3.39. The van der Waals surface area contributed by atoms with Gasteiger partial charge >= 0.3 is 0 Å². The van der Waals surface area contributed by atoms with Crippen molar-refractivity contribution in [3.63, 3.8) is 0 Å². The Labute approximate surface area is 196 Å². The van der Waals surface area contributed by atoms with Gasteiger partial charge in [-0.3, -0.25) is 9.40 Å². The molecule has 0 unspecified atom stereocenters. The molecule has 4 aromatic rings. The second kappa shape index (κ2) is 9.14. The molecule has 2 aromatic heterocycles. The van der Waals surface area contributed by atoms with Gasteiger partial charge in [0.2, 0.25) is 0 Å². The average molecular weight is 488 g/mol. The van der Waals surface area contributed by atoms with Crippen LogP contribution in [0.3, 0.4) is 0 Å². The molecule has 0 amide bonds. The molecule has 0 aliphatic heterocycles. The van der Waals surface area contributed by atoms with Crippen LogP contribution in [-0.2, 0) is 16.6 Å². The van der Waals surface area contributed by atoms with Gasteiger partial charge in [-0.15, -0.1) is 0 Å². The van der Waals surface area contributed by atoms with Gasteiger partial charge in [0.1, 0.15) is 17.2 Å². The number of rotatable bonds is 9. The van der Waals surface area contributed by atoms with Crippen LogP contribution in [0.5, 0.6) is 17.2 Å². The number of fused-ring (bicyclic) bond motifs is 1. The Morgan fingerprint density at radius 2 is 1.71 bits per heavy atom. The summed E-state index contributed by atoms with van der Waals surface area (Å²) in [6.07, 6.45) is 0. The van der Waals surface area contributed by atoms with Crippen molar-refractivity contribution in [3.05, 3.63) is 42.1 Å². The monoisotopic (exact) mass is 487 g/mol. The van der Waals surface area contributed by atoms with Crippen LogP contribution in [0, 0.1) is 6.92 Å². The van der Waals surface area contributed by atoms with E-state index in [1.165, 1.54) is 33.5 Å². The second-order valence-corrected chi connectivity index (χ2v) is 8.91. The molecule has 0 saturated carbocycles. The lowest BCUT2D eigenvalue weighted by Gasteiger charge is -2.14. The standard InChI is InChI=1S/C22H25N5O6S/c1-6-27-13(2)10-20(24-27)23-15-12-18-14(11-19(15)32-5)22(25-33-18)26-34(28,29)21-16(30-3)8-7-9-17(21)31-4/h7-12H,6H2,1-5H3,(H,23,24)(H,25,26). The summed E-state index contributed by atoms with van der Waals surface area (Å²) >= 11 is 0. The van der Waals surface area contributed by atoms with Crippen molar-refractivity contribution >= 4 is 38.3 Å². The van der Waals surface area contributed by atoms with E-state index in [1.54, 1.807) is 18.2 Å². The summed E-state index contributed by atoms with van der Waals surface area (Å²) in [6.45, 7) is 4.72. The zero-order chi connectivity index (χ0) is 24.5. The van der Waals surface area contributed by atoms with Gasteiger partial charge in [-0.25, -0.2) is 8.42 Å². The second-order valence-electron chi connectivity index (χ2n) is 7.29. The van der Waals surface area contributed by atoms with Crippen LogP contribution in [0.25, 0.3) is 11.0 Å². The first-order valence-electron chi connectivity index (χ1n) is 10.3. The fraction of sp³-hybridized carbons (Fsp3) is 0.273. The molecule has 11 nitrogen and oxygen atoms in total. The highest BCUT2D eigenvalue weighted by atomic mass is 32.2. The third kappa shape index (κ3) is 4.19. The number of sulfonamides is 1. The Morgan fingerprint density at radius 1 is 1.03 bits per heavy atom. The fourth-order valence-electron chi connectivity index (χ4n) is 3.59. The van der Waals surface area contributed by atoms with Crippen LogP contribution in [0.15, 0.2) is 45.8 Å². The number of hydrogen-bond donors (Lipinski definition) is 2. The third-order valence-electron chi connectivity index (χ3n) is 5.22. The van der Waals surface area contributed by atoms with Gasteiger partial charge in [-0.05, 0) is 32.0 Å². The normalized spacial score (nSPS) is 11.4. The van der Waals surface area contributed by atoms with E-state index >= 15 is 0 Å².